The van der Waals surface area contributed by atoms with Gasteiger partial charge < -0.3 is 14.5 Å². The van der Waals surface area contributed by atoms with E-state index >= 15 is 0 Å². The van der Waals surface area contributed by atoms with Gasteiger partial charge in [0.05, 0.1) is 18.8 Å². The van der Waals surface area contributed by atoms with Crippen LogP contribution in [-0.2, 0) is 33.6 Å². The Labute approximate surface area is 224 Å². The van der Waals surface area contributed by atoms with Gasteiger partial charge in [-0.15, -0.1) is 5.06 Å². The van der Waals surface area contributed by atoms with Crippen LogP contribution in [-0.4, -0.2) is 68.4 Å². The van der Waals surface area contributed by atoms with E-state index in [4.69, 9.17) is 19.7 Å². The summed E-state index contributed by atoms with van der Waals surface area (Å²) in [5.41, 5.74) is 7.01. The number of benzene rings is 1. The second-order valence-corrected chi connectivity index (χ2v) is 10.9. The molecular weight excluding hydrogens is 482 g/mol. The monoisotopic (exact) mass is 521 g/mol. The first-order valence-electron chi connectivity index (χ1n) is 13.4. The Balaban J connectivity index is 1.28. The minimum atomic E-state index is -0.713. The summed E-state index contributed by atoms with van der Waals surface area (Å²) in [7, 11) is 0. The summed E-state index contributed by atoms with van der Waals surface area (Å²) < 4.78 is 7.14. The third-order valence-corrected chi connectivity index (χ3v) is 6.62. The highest BCUT2D eigenvalue weighted by Gasteiger charge is 2.26. The third kappa shape index (κ3) is 6.89. The van der Waals surface area contributed by atoms with Crippen molar-refractivity contribution in [3.8, 4) is 0 Å². The number of aryl methyl sites for hydroxylation is 4. The third-order valence-electron chi connectivity index (χ3n) is 6.62. The number of rotatable bonds is 7. The van der Waals surface area contributed by atoms with Crippen molar-refractivity contribution >= 4 is 17.7 Å². The molecule has 3 heterocycles. The van der Waals surface area contributed by atoms with Gasteiger partial charge in [0.25, 0.3) is 0 Å². The molecule has 204 valence electrons. The molecule has 9 heteroatoms. The lowest BCUT2D eigenvalue weighted by Crippen LogP contribution is -2.49. The van der Waals surface area contributed by atoms with Gasteiger partial charge in [-0.25, -0.2) is 14.3 Å². The summed E-state index contributed by atoms with van der Waals surface area (Å²) in [6.07, 6.45) is 2.05. The number of carbonyl (C=O) groups is 2. The van der Waals surface area contributed by atoms with Crippen LogP contribution in [0.2, 0.25) is 0 Å². The molecule has 38 heavy (non-hydrogen) atoms. The maximum absolute atomic E-state index is 12.8. The van der Waals surface area contributed by atoms with E-state index in [1.54, 1.807) is 25.8 Å². The number of fused-ring (bicyclic) bond motifs is 1. The number of nitrogens with zero attached hydrogens (tertiary/aromatic N) is 5. The molecular formula is C29H39N5O4. The number of carbonyl (C=O) groups excluding carboxylic acids is 2. The van der Waals surface area contributed by atoms with Crippen LogP contribution in [0.25, 0.3) is 5.65 Å². The Morgan fingerprint density at radius 2 is 1.66 bits per heavy atom. The highest BCUT2D eigenvalue weighted by molar-refractivity contribution is 5.76. The minimum absolute atomic E-state index is 0.113. The fourth-order valence-electron chi connectivity index (χ4n) is 4.71. The van der Waals surface area contributed by atoms with Gasteiger partial charge in [0.1, 0.15) is 5.60 Å². The van der Waals surface area contributed by atoms with Gasteiger partial charge in [-0.3, -0.25) is 4.79 Å². The minimum Gasteiger partial charge on any atom is -0.427 e. The predicted molar refractivity (Wildman–Crippen MR) is 145 cm³/mol. The Bertz CT molecular complexity index is 1290. The summed E-state index contributed by atoms with van der Waals surface area (Å²) in [4.78, 5) is 36.5. The average Bonchev–Trinajstić information content (AvgIpc) is 3.20. The van der Waals surface area contributed by atoms with E-state index in [1.807, 2.05) is 16.3 Å². The molecule has 4 rings (SSSR count). The molecule has 9 nitrogen and oxygen atoms in total. The first-order chi connectivity index (χ1) is 18.0. The Morgan fingerprint density at radius 1 is 1.00 bits per heavy atom. The van der Waals surface area contributed by atoms with Gasteiger partial charge in [-0.2, -0.15) is 5.10 Å². The highest BCUT2D eigenvalue weighted by atomic mass is 16.8. The maximum atomic E-state index is 12.8. The smallest absolute Gasteiger partial charge is 0.427 e. The summed E-state index contributed by atoms with van der Waals surface area (Å²) in [6, 6.07) is 10.5. The van der Waals surface area contributed by atoms with Crippen molar-refractivity contribution in [2.75, 3.05) is 26.2 Å². The molecule has 0 atom stereocenters. The molecule has 1 aliphatic heterocycles. The van der Waals surface area contributed by atoms with Crippen LogP contribution in [0.3, 0.4) is 0 Å². The average molecular weight is 522 g/mol. The van der Waals surface area contributed by atoms with E-state index in [9.17, 15) is 9.59 Å². The second-order valence-electron chi connectivity index (χ2n) is 10.9. The van der Waals surface area contributed by atoms with Gasteiger partial charge in [0.2, 0.25) is 5.91 Å². The maximum Gasteiger partial charge on any atom is 0.528 e. The zero-order valence-corrected chi connectivity index (χ0v) is 23.4. The second kappa shape index (κ2) is 11.5. The Hall–Kier alpha value is -3.46. The van der Waals surface area contributed by atoms with Gasteiger partial charge in [-0.05, 0) is 64.7 Å². The number of aromatic nitrogens is 3. The molecule has 1 aromatic carbocycles. The predicted octanol–water partition coefficient (Wildman–Crippen LogP) is 4.44. The van der Waals surface area contributed by atoms with Crippen molar-refractivity contribution < 1.29 is 19.2 Å². The summed E-state index contributed by atoms with van der Waals surface area (Å²) >= 11 is 0. The summed E-state index contributed by atoms with van der Waals surface area (Å²) in [5.74, 6) is 0.113. The van der Waals surface area contributed by atoms with Crippen molar-refractivity contribution in [1.29, 1.82) is 0 Å². The molecule has 0 radical (unpaired) electrons. The Kier molecular flexibility index (Phi) is 8.35. The van der Waals surface area contributed by atoms with Crippen LogP contribution in [0.15, 0.2) is 30.3 Å². The fraction of sp³-hybridized carbons (Fsp3) is 0.517. The van der Waals surface area contributed by atoms with Crippen molar-refractivity contribution in [2.45, 2.75) is 72.8 Å². The first kappa shape index (κ1) is 27.6. The summed E-state index contributed by atoms with van der Waals surface area (Å²) in [5, 5.41) is 6.35. The van der Waals surface area contributed by atoms with E-state index in [0.29, 0.717) is 39.0 Å². The van der Waals surface area contributed by atoms with Crippen molar-refractivity contribution in [2.24, 2.45) is 0 Å². The largest absolute Gasteiger partial charge is 0.528 e. The molecule has 1 saturated heterocycles. The van der Waals surface area contributed by atoms with E-state index in [2.05, 4.69) is 44.2 Å². The molecule has 2 aromatic heterocycles. The van der Waals surface area contributed by atoms with Crippen molar-refractivity contribution in [1.82, 2.24) is 24.6 Å². The van der Waals surface area contributed by atoms with Crippen molar-refractivity contribution in [3.63, 3.8) is 0 Å². The lowest BCUT2D eigenvalue weighted by Gasteiger charge is -2.33. The number of amides is 1. The van der Waals surface area contributed by atoms with Crippen LogP contribution in [0.1, 0.15) is 67.9 Å². The number of hydrogen-bond donors (Lipinski definition) is 0. The van der Waals surface area contributed by atoms with Crippen LogP contribution in [0.4, 0.5) is 4.79 Å². The molecule has 1 fully saturated rings. The molecule has 1 aliphatic rings. The molecule has 1 amide bonds. The number of ether oxygens (including phenoxy) is 1. The highest BCUT2D eigenvalue weighted by Crippen LogP contribution is 2.22. The topological polar surface area (TPSA) is 89.3 Å². The van der Waals surface area contributed by atoms with E-state index in [1.165, 1.54) is 11.1 Å². The van der Waals surface area contributed by atoms with Gasteiger partial charge in [0, 0.05) is 42.9 Å². The zero-order chi connectivity index (χ0) is 27.4. The lowest BCUT2D eigenvalue weighted by atomic mass is 10.0. The summed E-state index contributed by atoms with van der Waals surface area (Å²) in [6.45, 7) is 13.6. The first-order valence-corrected chi connectivity index (χ1v) is 13.4. The van der Waals surface area contributed by atoms with Crippen LogP contribution in [0, 0.1) is 13.8 Å². The van der Waals surface area contributed by atoms with Gasteiger partial charge in [-0.1, -0.05) is 31.2 Å². The van der Waals surface area contributed by atoms with Gasteiger partial charge in [0.15, 0.2) is 5.65 Å². The fourth-order valence-corrected chi connectivity index (χ4v) is 4.71. The van der Waals surface area contributed by atoms with Gasteiger partial charge >= 0.3 is 6.16 Å². The molecule has 0 bridgehead atoms. The standard InChI is InChI=1S/C29H39N5O4/c1-7-25-24(27-30-20(2)18-21(3)34(27)31-25)19-23-10-8-22(9-11-23)12-13-26(35)32-14-16-33(17-15-32)38-28(36)37-29(4,5)6/h8-11,18H,7,12-17,19H2,1-6H3. The number of hydroxylamine groups is 2. The van der Waals surface area contributed by atoms with Crippen LogP contribution >= 0.6 is 0 Å². The normalized spacial score (nSPS) is 14.6. The Morgan fingerprint density at radius 3 is 2.29 bits per heavy atom. The van der Waals surface area contributed by atoms with E-state index in [-0.39, 0.29) is 5.91 Å². The quantitative estimate of drug-likeness (QED) is 0.425. The molecule has 0 spiro atoms. The number of piperazine rings is 1. The van der Waals surface area contributed by atoms with E-state index in [0.717, 1.165) is 41.1 Å². The van der Waals surface area contributed by atoms with Crippen LogP contribution in [0.5, 0.6) is 0 Å². The van der Waals surface area contributed by atoms with Crippen molar-refractivity contribution in [3.05, 3.63) is 64.1 Å². The molecule has 0 saturated carbocycles. The molecule has 0 unspecified atom stereocenters. The SMILES string of the molecule is CCc1nn2c(C)cc(C)nc2c1Cc1ccc(CCC(=O)N2CCN(OC(=O)OC(C)(C)C)CC2)cc1. The molecule has 0 N–H and O–H groups in total. The number of hydrogen-bond acceptors (Lipinski definition) is 7. The lowest BCUT2D eigenvalue weighted by molar-refractivity contribution is -0.164. The molecule has 3 aromatic rings. The van der Waals surface area contributed by atoms with E-state index < -0.39 is 11.8 Å². The molecule has 0 aliphatic carbocycles. The zero-order valence-electron chi connectivity index (χ0n) is 23.4. The van der Waals surface area contributed by atoms with Crippen LogP contribution < -0.4 is 0 Å².